The van der Waals surface area contributed by atoms with Gasteiger partial charge >= 0.3 is 15.0 Å². The predicted octanol–water partition coefficient (Wildman–Crippen LogP) is 2.09. The molecule has 0 spiro atoms. The lowest BCUT2D eigenvalue weighted by Gasteiger charge is -2.24. The molecule has 0 amide bonds. The van der Waals surface area contributed by atoms with Crippen LogP contribution in [0.4, 0.5) is 4.79 Å². The molecule has 0 radical (unpaired) electrons. The Bertz CT molecular complexity index is 453. The van der Waals surface area contributed by atoms with E-state index in [0.29, 0.717) is 5.75 Å². The van der Waals surface area contributed by atoms with Gasteiger partial charge in [-0.05, 0) is 32.9 Å². The first-order chi connectivity index (χ1) is 9.76. The summed E-state index contributed by atoms with van der Waals surface area (Å²) in [6.45, 7) is 5.31. The molecule has 1 rings (SSSR count). The smallest absolute Gasteiger partial charge is 0.428 e. The lowest BCUT2D eigenvalue weighted by Crippen LogP contribution is -2.54. The molecule has 21 heavy (non-hydrogen) atoms. The summed E-state index contributed by atoms with van der Waals surface area (Å²) < 4.78 is 26.3. The van der Waals surface area contributed by atoms with Gasteiger partial charge in [-0.15, -0.1) is 0 Å². The molecule has 0 heterocycles. The Balaban J connectivity index is 2.81. The first-order valence-corrected chi connectivity index (χ1v) is 8.15. The lowest BCUT2D eigenvalue weighted by atomic mass is 10.2. The third-order valence-corrected chi connectivity index (χ3v) is 5.26. The summed E-state index contributed by atoms with van der Waals surface area (Å²) in [4.78, 5) is 11.6. The molecule has 118 valence electrons. The predicted molar refractivity (Wildman–Crippen MR) is 79.7 cm³/mol. The van der Waals surface area contributed by atoms with Gasteiger partial charge in [-0.3, -0.25) is 0 Å². The van der Waals surface area contributed by atoms with Crippen molar-refractivity contribution in [3.63, 3.8) is 0 Å². The van der Waals surface area contributed by atoms with Crippen LogP contribution in [-0.4, -0.2) is 41.9 Å². The molecule has 0 aliphatic rings. The average Bonchev–Trinajstić information content (AvgIpc) is 2.41. The molecular formula is C14H22O6Si. The number of rotatable bonds is 5. The van der Waals surface area contributed by atoms with Gasteiger partial charge < -0.3 is 22.8 Å². The normalized spacial score (nSPS) is 12.1. The van der Waals surface area contributed by atoms with Crippen molar-refractivity contribution < 1.29 is 27.5 Å². The van der Waals surface area contributed by atoms with E-state index in [1.54, 1.807) is 45.0 Å². The Hall–Kier alpha value is -1.41. The molecule has 7 heteroatoms. The SMILES string of the molecule is CO[Si](OC)(OC)c1ccc(OC(=O)OC(C)(C)C)cc1. The van der Waals surface area contributed by atoms with Gasteiger partial charge in [0, 0.05) is 26.5 Å². The van der Waals surface area contributed by atoms with Crippen LogP contribution < -0.4 is 9.92 Å². The lowest BCUT2D eigenvalue weighted by molar-refractivity contribution is 0.0206. The monoisotopic (exact) mass is 314 g/mol. The summed E-state index contributed by atoms with van der Waals surface area (Å²) in [5.41, 5.74) is -0.596. The van der Waals surface area contributed by atoms with Gasteiger partial charge in [0.15, 0.2) is 0 Å². The fourth-order valence-corrected chi connectivity index (χ4v) is 3.48. The van der Waals surface area contributed by atoms with Crippen molar-refractivity contribution in [2.24, 2.45) is 0 Å². The molecule has 0 atom stereocenters. The Labute approximate surface area is 126 Å². The molecule has 0 aromatic heterocycles. The van der Waals surface area contributed by atoms with Gasteiger partial charge in [0.25, 0.3) is 0 Å². The highest BCUT2D eigenvalue weighted by molar-refractivity contribution is 6.75. The summed E-state index contributed by atoms with van der Waals surface area (Å²) in [6.07, 6.45) is -0.746. The standard InChI is InChI=1S/C14H22O6Si/c1-14(2,3)20-13(15)19-11-7-9-12(10-8-11)21(16-4,17-5)18-6/h7-10H,1-6H3. The van der Waals surface area contributed by atoms with E-state index in [4.69, 9.17) is 22.8 Å². The molecule has 0 unspecified atom stereocenters. The second-order valence-electron chi connectivity index (χ2n) is 5.26. The highest BCUT2D eigenvalue weighted by atomic mass is 28.4. The molecule has 0 bridgehead atoms. The van der Waals surface area contributed by atoms with E-state index in [1.807, 2.05) is 0 Å². The Morgan fingerprint density at radius 3 is 1.81 bits per heavy atom. The van der Waals surface area contributed by atoms with Gasteiger partial charge in [-0.25, -0.2) is 4.79 Å². The minimum atomic E-state index is -2.87. The van der Waals surface area contributed by atoms with Crippen LogP contribution in [0.15, 0.2) is 24.3 Å². The van der Waals surface area contributed by atoms with Crippen LogP contribution in [-0.2, 0) is 18.0 Å². The second kappa shape index (κ2) is 7.03. The molecule has 0 aliphatic heterocycles. The molecule has 0 aliphatic carbocycles. The average molecular weight is 314 g/mol. The number of ether oxygens (including phenoxy) is 2. The maximum atomic E-state index is 11.6. The van der Waals surface area contributed by atoms with Crippen molar-refractivity contribution >= 4 is 20.1 Å². The van der Waals surface area contributed by atoms with E-state index >= 15 is 0 Å². The zero-order chi connectivity index (χ0) is 16.1. The minimum Gasteiger partial charge on any atom is -0.428 e. The fourth-order valence-electron chi connectivity index (χ4n) is 1.70. The maximum absolute atomic E-state index is 11.6. The number of carbonyl (C=O) groups excluding carboxylic acids is 1. The first kappa shape index (κ1) is 17.6. The summed E-state index contributed by atoms with van der Waals surface area (Å²) in [5.74, 6) is 0.374. The Morgan fingerprint density at radius 1 is 0.952 bits per heavy atom. The van der Waals surface area contributed by atoms with Crippen molar-refractivity contribution in [3.05, 3.63) is 24.3 Å². The van der Waals surface area contributed by atoms with E-state index in [-0.39, 0.29) is 0 Å². The van der Waals surface area contributed by atoms with Crippen molar-refractivity contribution in [1.29, 1.82) is 0 Å². The van der Waals surface area contributed by atoms with Crippen molar-refractivity contribution in [2.45, 2.75) is 26.4 Å². The molecule has 1 aromatic carbocycles. The van der Waals surface area contributed by atoms with E-state index < -0.39 is 20.6 Å². The molecule has 0 saturated carbocycles. The molecule has 6 nitrogen and oxygen atoms in total. The van der Waals surface area contributed by atoms with Crippen molar-refractivity contribution in [2.75, 3.05) is 21.3 Å². The number of carbonyl (C=O) groups is 1. The van der Waals surface area contributed by atoms with Crippen LogP contribution in [0.25, 0.3) is 0 Å². The van der Waals surface area contributed by atoms with E-state index in [2.05, 4.69) is 0 Å². The van der Waals surface area contributed by atoms with Gasteiger partial charge in [0.2, 0.25) is 0 Å². The fraction of sp³-hybridized carbons (Fsp3) is 0.500. The molecule has 0 N–H and O–H groups in total. The first-order valence-electron chi connectivity index (χ1n) is 6.43. The highest BCUT2D eigenvalue weighted by Gasteiger charge is 2.40. The molecule has 1 aromatic rings. The van der Waals surface area contributed by atoms with E-state index in [0.717, 1.165) is 5.19 Å². The van der Waals surface area contributed by atoms with Crippen molar-refractivity contribution in [3.8, 4) is 5.75 Å². The molecule has 0 fully saturated rings. The van der Waals surface area contributed by atoms with Gasteiger partial charge in [0.05, 0.1) is 0 Å². The topological polar surface area (TPSA) is 63.2 Å². The maximum Gasteiger partial charge on any atom is 0.536 e. The van der Waals surface area contributed by atoms with Crippen LogP contribution in [0.3, 0.4) is 0 Å². The zero-order valence-electron chi connectivity index (χ0n) is 13.3. The van der Waals surface area contributed by atoms with E-state index in [9.17, 15) is 4.79 Å². The zero-order valence-corrected chi connectivity index (χ0v) is 14.3. The highest BCUT2D eigenvalue weighted by Crippen LogP contribution is 2.15. The number of benzene rings is 1. The second-order valence-corrected chi connectivity index (χ2v) is 8.17. The summed E-state index contributed by atoms with van der Waals surface area (Å²) in [7, 11) is 1.73. The van der Waals surface area contributed by atoms with Gasteiger partial charge in [-0.1, -0.05) is 12.1 Å². The van der Waals surface area contributed by atoms with Crippen molar-refractivity contribution in [1.82, 2.24) is 0 Å². The third kappa shape index (κ3) is 4.82. The third-order valence-electron chi connectivity index (χ3n) is 2.60. The summed E-state index contributed by atoms with van der Waals surface area (Å²) in [5, 5.41) is 0.770. The van der Waals surface area contributed by atoms with Crippen LogP contribution in [0.5, 0.6) is 5.75 Å². The molecular weight excluding hydrogens is 292 g/mol. The van der Waals surface area contributed by atoms with Crippen LogP contribution in [0.1, 0.15) is 20.8 Å². The number of hydrogen-bond donors (Lipinski definition) is 0. The Kier molecular flexibility index (Phi) is 5.91. The Morgan fingerprint density at radius 2 is 1.43 bits per heavy atom. The van der Waals surface area contributed by atoms with Crippen LogP contribution in [0, 0.1) is 0 Å². The largest absolute Gasteiger partial charge is 0.536 e. The number of hydrogen-bond acceptors (Lipinski definition) is 6. The molecule has 0 saturated heterocycles. The van der Waals surface area contributed by atoms with Gasteiger partial charge in [-0.2, -0.15) is 0 Å². The van der Waals surface area contributed by atoms with Gasteiger partial charge in [0.1, 0.15) is 11.4 Å². The van der Waals surface area contributed by atoms with Crippen LogP contribution >= 0.6 is 0 Å². The summed E-state index contributed by atoms with van der Waals surface area (Å²) >= 11 is 0. The van der Waals surface area contributed by atoms with Crippen LogP contribution in [0.2, 0.25) is 0 Å². The summed E-state index contributed by atoms with van der Waals surface area (Å²) in [6, 6.07) is 6.75. The van der Waals surface area contributed by atoms with E-state index in [1.165, 1.54) is 21.3 Å². The minimum absolute atomic E-state index is 0.374. The quantitative estimate of drug-likeness (QED) is 0.471.